The molecule has 1 aliphatic carbocycles. The fourth-order valence-corrected chi connectivity index (χ4v) is 4.36. The molecule has 1 aromatic rings. The monoisotopic (exact) mass is 448 g/mol. The predicted molar refractivity (Wildman–Crippen MR) is 139 cm³/mol. The van der Waals surface area contributed by atoms with Gasteiger partial charge in [0.15, 0.2) is 0 Å². The van der Waals surface area contributed by atoms with E-state index in [0.29, 0.717) is 6.04 Å². The van der Waals surface area contributed by atoms with Crippen molar-refractivity contribution >= 4 is 17.3 Å². The Balaban J connectivity index is 0.000000293. The average Bonchev–Trinajstić information content (AvgIpc) is 3.17. The summed E-state index contributed by atoms with van der Waals surface area (Å²) in [6.45, 7) is 16.4. The van der Waals surface area contributed by atoms with Crippen molar-refractivity contribution in [3.8, 4) is 0 Å². The van der Waals surface area contributed by atoms with Crippen LogP contribution in [0, 0.1) is 19.8 Å². The highest BCUT2D eigenvalue weighted by Crippen LogP contribution is 2.30. The zero-order valence-corrected chi connectivity index (χ0v) is 21.4. The Morgan fingerprint density at radius 3 is 2.26 bits per heavy atom. The molecule has 2 aliphatic rings. The maximum atomic E-state index is 5.93. The van der Waals surface area contributed by atoms with Crippen molar-refractivity contribution < 1.29 is 0 Å². The van der Waals surface area contributed by atoms with E-state index in [1.165, 1.54) is 53.8 Å². The van der Waals surface area contributed by atoms with Crippen LogP contribution in [0.15, 0.2) is 36.2 Å². The normalized spacial score (nSPS) is 19.9. The summed E-state index contributed by atoms with van der Waals surface area (Å²) in [5, 5.41) is 7.58. The van der Waals surface area contributed by atoms with Gasteiger partial charge < -0.3 is 21.3 Å². The van der Waals surface area contributed by atoms with E-state index in [9.17, 15) is 0 Å². The molecule has 1 saturated carbocycles. The lowest BCUT2D eigenvalue weighted by Gasteiger charge is -2.26. The van der Waals surface area contributed by atoms with Crippen LogP contribution in [0.1, 0.15) is 70.4 Å². The Hall–Kier alpha value is -1.65. The summed E-state index contributed by atoms with van der Waals surface area (Å²) in [6, 6.07) is 4.43. The van der Waals surface area contributed by atoms with Crippen LogP contribution in [0.25, 0.3) is 0 Å². The summed E-state index contributed by atoms with van der Waals surface area (Å²) in [6.07, 6.45) is 9.32. The van der Waals surface area contributed by atoms with Crippen molar-refractivity contribution in [2.75, 3.05) is 25.6 Å². The van der Waals surface area contributed by atoms with Crippen LogP contribution in [-0.2, 0) is 0 Å². The van der Waals surface area contributed by atoms with Crippen molar-refractivity contribution in [3.63, 3.8) is 0 Å². The van der Waals surface area contributed by atoms with Crippen LogP contribution in [0.5, 0.6) is 0 Å². The van der Waals surface area contributed by atoms with Crippen LogP contribution in [0.2, 0.25) is 5.02 Å². The number of rotatable bonds is 6. The summed E-state index contributed by atoms with van der Waals surface area (Å²) in [5.41, 5.74) is 12.1. The van der Waals surface area contributed by atoms with Crippen molar-refractivity contribution in [3.05, 3.63) is 52.3 Å². The van der Waals surface area contributed by atoms with Crippen molar-refractivity contribution in [2.24, 2.45) is 11.7 Å². The smallest absolute Gasteiger partial charge is 0.0869 e. The van der Waals surface area contributed by atoms with Crippen molar-refractivity contribution in [1.29, 1.82) is 0 Å². The van der Waals surface area contributed by atoms with Gasteiger partial charge in [-0.3, -0.25) is 0 Å². The fourth-order valence-electron chi connectivity index (χ4n) is 4.03. The minimum absolute atomic E-state index is 0.444. The first-order valence-electron chi connectivity index (χ1n) is 11.9. The maximum absolute atomic E-state index is 5.93. The summed E-state index contributed by atoms with van der Waals surface area (Å²) in [7, 11) is 2.08. The van der Waals surface area contributed by atoms with Gasteiger partial charge in [-0.25, -0.2) is 0 Å². The van der Waals surface area contributed by atoms with Gasteiger partial charge in [-0.05, 0) is 87.1 Å². The highest BCUT2D eigenvalue weighted by molar-refractivity contribution is 6.30. The molecule has 0 aromatic heterocycles. The molecule has 0 saturated heterocycles. The van der Waals surface area contributed by atoms with Gasteiger partial charge in [0, 0.05) is 36.5 Å². The Labute approximate surface area is 196 Å². The van der Waals surface area contributed by atoms with Gasteiger partial charge in [0.2, 0.25) is 0 Å². The molecule has 0 unspecified atom stereocenters. The summed E-state index contributed by atoms with van der Waals surface area (Å²) in [4.78, 5) is 2.15. The molecular formula is C26H45ClN4. The number of anilines is 1. The molecular weight excluding hydrogens is 404 g/mol. The van der Waals surface area contributed by atoms with Crippen LogP contribution in [-0.4, -0.2) is 31.2 Å². The molecule has 1 heterocycles. The Morgan fingerprint density at radius 1 is 1.19 bits per heavy atom. The van der Waals surface area contributed by atoms with Gasteiger partial charge >= 0.3 is 0 Å². The summed E-state index contributed by atoms with van der Waals surface area (Å²) in [5.74, 6) is 0.793. The van der Waals surface area contributed by atoms with E-state index in [0.717, 1.165) is 37.0 Å². The largest absolute Gasteiger partial charge is 0.385 e. The van der Waals surface area contributed by atoms with Gasteiger partial charge in [0.25, 0.3) is 0 Å². The molecule has 0 atom stereocenters. The van der Waals surface area contributed by atoms with Gasteiger partial charge in [-0.1, -0.05) is 39.0 Å². The molecule has 1 aliphatic heterocycles. The van der Waals surface area contributed by atoms with Gasteiger partial charge in [-0.2, -0.15) is 0 Å². The van der Waals surface area contributed by atoms with E-state index in [2.05, 4.69) is 56.1 Å². The molecule has 4 nitrogen and oxygen atoms in total. The molecule has 31 heavy (non-hydrogen) atoms. The number of halogens is 1. The molecule has 1 fully saturated rings. The summed E-state index contributed by atoms with van der Waals surface area (Å²) >= 11 is 5.93. The van der Waals surface area contributed by atoms with E-state index in [-0.39, 0.29) is 0 Å². The second-order valence-electron chi connectivity index (χ2n) is 8.56. The number of hydrogen-bond donors (Lipinski definition) is 3. The highest BCUT2D eigenvalue weighted by Gasteiger charge is 2.21. The first-order valence-corrected chi connectivity index (χ1v) is 12.3. The Kier molecular flexibility index (Phi) is 12.7. The number of aryl methyl sites for hydroxylation is 2. The minimum atomic E-state index is 0.444. The Bertz CT molecular complexity index is 682. The van der Waals surface area contributed by atoms with E-state index in [1.807, 2.05) is 26.0 Å². The zero-order chi connectivity index (χ0) is 23.4. The topological polar surface area (TPSA) is 53.3 Å². The number of allylic oxidation sites excluding steroid dienone is 1. The predicted octanol–water partition coefficient (Wildman–Crippen LogP) is 6.59. The van der Waals surface area contributed by atoms with E-state index in [1.54, 1.807) is 0 Å². The van der Waals surface area contributed by atoms with Crippen LogP contribution >= 0.6 is 11.6 Å². The third-order valence-electron chi connectivity index (χ3n) is 5.73. The van der Waals surface area contributed by atoms with Crippen molar-refractivity contribution in [2.45, 2.75) is 79.2 Å². The molecule has 176 valence electrons. The lowest BCUT2D eigenvalue weighted by Crippen LogP contribution is -2.27. The quantitative estimate of drug-likeness (QED) is 0.459. The lowest BCUT2D eigenvalue weighted by molar-refractivity contribution is 0.325. The third kappa shape index (κ3) is 9.57. The standard InChI is InChI=1S/C13H23N3.C11H16ClN.C2H6/c1-10(13-8-16(2)9-15-13)7-11-3-5-12(14)6-4-11;1-4-5-13-11-8(2)6-10(12)7-9(11)3;1-2/h8,11-12,15H,1,3-7,9,14H2,2H3;6-7,13H,4-5H2,1-3H3;1-2H3. The molecule has 5 heteroatoms. The number of nitrogens with two attached hydrogens (primary N) is 1. The van der Waals surface area contributed by atoms with E-state index >= 15 is 0 Å². The maximum Gasteiger partial charge on any atom is 0.0869 e. The molecule has 4 N–H and O–H groups in total. The average molecular weight is 449 g/mol. The van der Waals surface area contributed by atoms with Gasteiger partial charge in [0.1, 0.15) is 0 Å². The second kappa shape index (κ2) is 14.4. The SMILES string of the molecule is C=C(CC1CCC(N)CC1)C1=CN(C)CN1.CC.CCCNc1c(C)cc(Cl)cc1C. The summed E-state index contributed by atoms with van der Waals surface area (Å²) < 4.78 is 0. The molecule has 0 amide bonds. The van der Waals surface area contributed by atoms with Crippen LogP contribution < -0.4 is 16.4 Å². The zero-order valence-electron chi connectivity index (χ0n) is 20.7. The number of nitrogens with zero attached hydrogens (tertiary/aromatic N) is 1. The third-order valence-corrected chi connectivity index (χ3v) is 5.94. The molecule has 0 radical (unpaired) electrons. The van der Waals surface area contributed by atoms with Crippen molar-refractivity contribution in [1.82, 2.24) is 10.2 Å². The molecule has 0 spiro atoms. The fraction of sp³-hybridized carbons (Fsp3) is 0.615. The van der Waals surface area contributed by atoms with Crippen LogP contribution in [0.3, 0.4) is 0 Å². The number of hydrogen-bond acceptors (Lipinski definition) is 4. The molecule has 3 rings (SSSR count). The second-order valence-corrected chi connectivity index (χ2v) is 9.00. The number of nitrogens with one attached hydrogen (secondary N) is 2. The minimum Gasteiger partial charge on any atom is -0.385 e. The van der Waals surface area contributed by atoms with E-state index in [4.69, 9.17) is 17.3 Å². The first kappa shape index (κ1) is 27.4. The van der Waals surface area contributed by atoms with Crippen LogP contribution in [0.4, 0.5) is 5.69 Å². The van der Waals surface area contributed by atoms with E-state index < -0.39 is 0 Å². The van der Waals surface area contributed by atoms with Gasteiger partial charge in [-0.15, -0.1) is 0 Å². The highest BCUT2D eigenvalue weighted by atomic mass is 35.5. The first-order chi connectivity index (χ1) is 14.8. The number of benzene rings is 1. The van der Waals surface area contributed by atoms with Gasteiger partial charge in [0.05, 0.1) is 12.4 Å². The molecule has 0 bridgehead atoms. The Morgan fingerprint density at radius 2 is 1.77 bits per heavy atom. The molecule has 1 aromatic carbocycles. The lowest BCUT2D eigenvalue weighted by atomic mass is 9.82.